The van der Waals surface area contributed by atoms with Gasteiger partial charge in [0.05, 0.1) is 18.2 Å². The van der Waals surface area contributed by atoms with Crippen LogP contribution in [0, 0.1) is 24.0 Å². The van der Waals surface area contributed by atoms with Crippen LogP contribution in [0.15, 0.2) is 35.7 Å². The minimum atomic E-state index is -5.09. The highest BCUT2D eigenvalue weighted by Crippen LogP contribution is 2.46. The number of rotatable bonds is 6. The number of benzene rings is 2. The number of phenolic OH excluding ortho intramolecular Hbond substituents is 1. The maximum Gasteiger partial charge on any atom is 0.442 e. The second-order valence-electron chi connectivity index (χ2n) is 13.7. The van der Waals surface area contributed by atoms with Gasteiger partial charge in [0, 0.05) is 42.7 Å². The molecule has 15 heteroatoms. The molecule has 0 amide bonds. The summed E-state index contributed by atoms with van der Waals surface area (Å²) in [5.41, 5.74) is -2.00. The van der Waals surface area contributed by atoms with Crippen LogP contribution in [0.3, 0.4) is 0 Å². The highest BCUT2D eigenvalue weighted by atomic mass is 19.4. The Morgan fingerprint density at radius 3 is 2.59 bits per heavy atom. The van der Waals surface area contributed by atoms with Gasteiger partial charge in [0.25, 0.3) is 0 Å². The number of alkyl halides is 3. The van der Waals surface area contributed by atoms with E-state index in [2.05, 4.69) is 21.2 Å². The summed E-state index contributed by atoms with van der Waals surface area (Å²) < 4.78 is 98.2. The average molecular weight is 711 g/mol. The number of halogens is 6. The second kappa shape index (κ2) is 12.2. The summed E-state index contributed by atoms with van der Waals surface area (Å²) in [5, 5.41) is 14.8. The Hall–Kier alpha value is -4.81. The Labute approximate surface area is 288 Å². The molecule has 0 spiro atoms. The van der Waals surface area contributed by atoms with Gasteiger partial charge >= 0.3 is 12.2 Å². The van der Waals surface area contributed by atoms with Crippen LogP contribution < -0.4 is 19.7 Å². The van der Waals surface area contributed by atoms with Crippen molar-refractivity contribution < 1.29 is 40.9 Å². The monoisotopic (exact) mass is 710 g/mol. The molecule has 51 heavy (non-hydrogen) atoms. The molecule has 266 valence electrons. The quantitative estimate of drug-likeness (QED) is 0.180. The molecule has 2 N–H and O–H groups in total. The highest BCUT2D eigenvalue weighted by molar-refractivity contribution is 6.04. The molecular formula is C36H32F6N6O3. The molecule has 2 bridgehead atoms. The third-order valence-electron chi connectivity index (χ3n) is 10.6. The average Bonchev–Trinajstić information content (AvgIpc) is 3.77. The van der Waals surface area contributed by atoms with Gasteiger partial charge in [0.1, 0.15) is 40.6 Å². The second-order valence-corrected chi connectivity index (χ2v) is 13.7. The van der Waals surface area contributed by atoms with Crippen molar-refractivity contribution in [1.82, 2.24) is 25.2 Å². The number of nitrogens with one attached hydrogen (secondary N) is 1. The summed E-state index contributed by atoms with van der Waals surface area (Å²) in [5.74, 6) is -1.44. The smallest absolute Gasteiger partial charge is 0.442 e. The van der Waals surface area contributed by atoms with E-state index in [1.165, 1.54) is 25.3 Å². The molecule has 9 nitrogen and oxygen atoms in total. The zero-order chi connectivity index (χ0) is 35.8. The van der Waals surface area contributed by atoms with Crippen molar-refractivity contribution in [1.29, 1.82) is 0 Å². The normalized spacial score (nSPS) is 24.3. The molecule has 2 aromatic carbocycles. The van der Waals surface area contributed by atoms with E-state index in [9.17, 15) is 27.1 Å². The first-order chi connectivity index (χ1) is 24.4. The first-order valence-corrected chi connectivity index (χ1v) is 16.6. The number of ether oxygens (including phenoxy) is 2. The van der Waals surface area contributed by atoms with Crippen molar-refractivity contribution in [3.05, 3.63) is 52.9 Å². The van der Waals surface area contributed by atoms with Gasteiger partial charge in [0.15, 0.2) is 5.82 Å². The van der Waals surface area contributed by atoms with Crippen molar-refractivity contribution in [2.75, 3.05) is 44.8 Å². The van der Waals surface area contributed by atoms with Crippen LogP contribution in [0.25, 0.3) is 32.9 Å². The molecule has 0 saturated carbocycles. The molecule has 8 rings (SSSR count). The van der Waals surface area contributed by atoms with E-state index in [1.807, 2.05) is 4.90 Å². The lowest BCUT2D eigenvalue weighted by atomic mass is 9.93. The summed E-state index contributed by atoms with van der Waals surface area (Å²) in [6.45, 7) is 1.17. The van der Waals surface area contributed by atoms with Gasteiger partial charge in [-0.2, -0.15) is 23.1 Å². The lowest BCUT2D eigenvalue weighted by Gasteiger charge is -2.34. The summed E-state index contributed by atoms with van der Waals surface area (Å²) >= 11 is 0. The molecule has 3 atom stereocenters. The van der Waals surface area contributed by atoms with E-state index in [4.69, 9.17) is 20.9 Å². The number of hydrogen-bond donors (Lipinski definition) is 2. The SMILES string of the molecule is C#Cc1c(F)ccc2cc(O)cc(-c3nc(OC)c4c(N5CC6CCC(C5)N6)nc(OCC56CCCN5C/C(=C(/F)C(F)(F)F)C6)nc4c3F)c12. The van der Waals surface area contributed by atoms with Gasteiger partial charge in [0.2, 0.25) is 11.7 Å². The molecule has 0 aliphatic carbocycles. The predicted octanol–water partition coefficient (Wildman–Crippen LogP) is 6.16. The van der Waals surface area contributed by atoms with Gasteiger partial charge in [-0.1, -0.05) is 12.0 Å². The van der Waals surface area contributed by atoms with Gasteiger partial charge in [-0.05, 0) is 67.8 Å². The highest BCUT2D eigenvalue weighted by Gasteiger charge is 2.51. The van der Waals surface area contributed by atoms with E-state index in [0.29, 0.717) is 37.9 Å². The van der Waals surface area contributed by atoms with Crippen molar-refractivity contribution >= 4 is 27.5 Å². The molecule has 2 aromatic heterocycles. The zero-order valence-electron chi connectivity index (χ0n) is 27.4. The van der Waals surface area contributed by atoms with Crippen LogP contribution in [0.2, 0.25) is 0 Å². The number of aromatic nitrogens is 3. The lowest BCUT2D eigenvalue weighted by Crippen LogP contribution is -2.51. The third-order valence-corrected chi connectivity index (χ3v) is 10.6. The Balaban J connectivity index is 1.28. The number of fused-ring (bicyclic) bond motifs is 5. The molecule has 4 fully saturated rings. The summed E-state index contributed by atoms with van der Waals surface area (Å²) in [6.07, 6.45) is 3.41. The number of pyridine rings is 1. The Morgan fingerprint density at radius 1 is 1.12 bits per heavy atom. The van der Waals surface area contributed by atoms with Gasteiger partial charge < -0.3 is 24.8 Å². The van der Waals surface area contributed by atoms with E-state index < -0.39 is 29.2 Å². The van der Waals surface area contributed by atoms with Crippen molar-refractivity contribution in [2.24, 2.45) is 0 Å². The first-order valence-electron chi connectivity index (χ1n) is 16.6. The minimum Gasteiger partial charge on any atom is -0.508 e. The molecule has 3 unspecified atom stereocenters. The third kappa shape index (κ3) is 5.55. The van der Waals surface area contributed by atoms with Crippen molar-refractivity contribution in [3.63, 3.8) is 0 Å². The van der Waals surface area contributed by atoms with Gasteiger partial charge in [-0.25, -0.2) is 18.2 Å². The maximum absolute atomic E-state index is 17.1. The fourth-order valence-corrected chi connectivity index (χ4v) is 8.33. The van der Waals surface area contributed by atoms with E-state index in [1.54, 1.807) is 4.90 Å². The van der Waals surface area contributed by atoms with Crippen LogP contribution in [-0.4, -0.2) is 88.7 Å². The number of allylic oxidation sites excluding steroid dienone is 1. The van der Waals surface area contributed by atoms with Crippen LogP contribution in [0.1, 0.15) is 37.7 Å². The molecular weight excluding hydrogens is 678 g/mol. The number of hydrogen-bond acceptors (Lipinski definition) is 9. The van der Waals surface area contributed by atoms with Crippen molar-refractivity contribution in [3.8, 4) is 41.2 Å². The first kappa shape index (κ1) is 33.3. The van der Waals surface area contributed by atoms with E-state index in [0.717, 1.165) is 18.9 Å². The number of nitrogens with zero attached hydrogens (tertiary/aromatic N) is 5. The Morgan fingerprint density at radius 2 is 1.88 bits per heavy atom. The summed E-state index contributed by atoms with van der Waals surface area (Å²) in [7, 11) is 1.35. The van der Waals surface area contributed by atoms with Crippen molar-refractivity contribution in [2.45, 2.75) is 55.9 Å². The molecule has 4 aliphatic heterocycles. The maximum atomic E-state index is 17.1. The zero-order valence-corrected chi connectivity index (χ0v) is 27.4. The lowest BCUT2D eigenvalue weighted by molar-refractivity contribution is -0.110. The Bertz CT molecular complexity index is 2160. The van der Waals surface area contributed by atoms with Crippen LogP contribution in [0.4, 0.5) is 32.2 Å². The van der Waals surface area contributed by atoms with Crippen LogP contribution in [0.5, 0.6) is 17.6 Å². The topological polar surface area (TPSA) is 95.9 Å². The number of piperazine rings is 1. The number of anilines is 1. The number of terminal acetylenes is 1. The number of phenols is 1. The predicted molar refractivity (Wildman–Crippen MR) is 176 cm³/mol. The number of aromatic hydroxyl groups is 1. The molecule has 4 aromatic rings. The van der Waals surface area contributed by atoms with Gasteiger partial charge in [-0.3, -0.25) is 4.90 Å². The van der Waals surface area contributed by atoms with E-state index in [-0.39, 0.29) is 93.8 Å². The summed E-state index contributed by atoms with van der Waals surface area (Å²) in [6, 6.07) is 5.21. The van der Waals surface area contributed by atoms with Gasteiger partial charge in [-0.15, -0.1) is 6.42 Å². The standard InChI is InChI=1S/C36H32F6N6O3/c1-3-23-25(37)8-5-18-11-22(49)12-24(26(18)23)29-28(38)30-27(33(44-29)50-2)32(47-15-20-6-7-21(16-47)43-20)46-34(45-30)51-17-35-9-4-10-48(35)14-19(13-35)31(39)36(40,41)42/h1,5,8,11-12,20-21,43,49H,4,6-7,9-10,13-17H2,2H3/b31-19+. The number of methoxy groups -OCH3 is 1. The fourth-order valence-electron chi connectivity index (χ4n) is 8.33. The fraction of sp³-hybridized carbons (Fsp3) is 0.417. The summed E-state index contributed by atoms with van der Waals surface area (Å²) in [4.78, 5) is 17.5. The Kier molecular flexibility index (Phi) is 7.95. The largest absolute Gasteiger partial charge is 0.508 e. The van der Waals surface area contributed by atoms with E-state index >= 15 is 4.39 Å². The molecule has 0 radical (unpaired) electrons. The van der Waals surface area contributed by atoms with Crippen LogP contribution >= 0.6 is 0 Å². The molecule has 4 aliphatic rings. The molecule has 6 heterocycles. The minimum absolute atomic E-state index is 0.00422. The van der Waals surface area contributed by atoms with Crippen LogP contribution in [-0.2, 0) is 0 Å². The molecule has 4 saturated heterocycles.